The topological polar surface area (TPSA) is 24.5 Å². The van der Waals surface area contributed by atoms with Gasteiger partial charge in [0.25, 0.3) is 0 Å². The van der Waals surface area contributed by atoms with E-state index < -0.39 is 0 Å². The summed E-state index contributed by atoms with van der Waals surface area (Å²) in [6.07, 6.45) is 1.20. The second kappa shape index (κ2) is 6.40. The van der Waals surface area contributed by atoms with Gasteiger partial charge < -0.3 is 15.0 Å². The molecule has 0 aromatic heterocycles. The number of hydrogen-bond donors (Lipinski definition) is 1. The number of ether oxygens (including phenoxy) is 1. The molecule has 1 heterocycles. The molecule has 0 aliphatic carbocycles. The van der Waals surface area contributed by atoms with Gasteiger partial charge in [-0.25, -0.2) is 0 Å². The molecule has 3 unspecified atom stereocenters. The molecule has 1 aliphatic heterocycles. The second-order valence-corrected chi connectivity index (χ2v) is 5.54. The predicted octanol–water partition coefficient (Wildman–Crippen LogP) is 2.66. The molecular formula is C16H26N2O. The first-order valence-corrected chi connectivity index (χ1v) is 7.19. The Balaban J connectivity index is 2.22. The lowest BCUT2D eigenvalue weighted by Crippen LogP contribution is -2.53. The standard InChI is InChI=1S/C16H26N2O/c1-12-13(2)18(10-9-15(12)17-3)16-8-6-5-7-14(16)11-19-4/h5-8,12-13,15,17H,9-11H2,1-4H3. The summed E-state index contributed by atoms with van der Waals surface area (Å²) in [7, 11) is 3.83. The number of para-hydroxylation sites is 1. The molecule has 1 N–H and O–H groups in total. The predicted molar refractivity (Wildman–Crippen MR) is 80.6 cm³/mol. The van der Waals surface area contributed by atoms with E-state index in [1.54, 1.807) is 7.11 Å². The van der Waals surface area contributed by atoms with Crippen LogP contribution < -0.4 is 10.2 Å². The van der Waals surface area contributed by atoms with Crippen molar-refractivity contribution in [3.8, 4) is 0 Å². The Bertz CT molecular complexity index is 407. The molecule has 0 bridgehead atoms. The number of benzene rings is 1. The highest BCUT2D eigenvalue weighted by Crippen LogP contribution is 2.31. The van der Waals surface area contributed by atoms with Crippen molar-refractivity contribution in [1.82, 2.24) is 5.32 Å². The Morgan fingerprint density at radius 1 is 1.32 bits per heavy atom. The molecule has 0 spiro atoms. The first-order chi connectivity index (χ1) is 9.19. The minimum absolute atomic E-state index is 0.546. The summed E-state index contributed by atoms with van der Waals surface area (Å²) in [5, 5.41) is 3.44. The lowest BCUT2D eigenvalue weighted by atomic mass is 9.86. The summed E-state index contributed by atoms with van der Waals surface area (Å²) in [6, 6.07) is 9.77. The van der Waals surface area contributed by atoms with Gasteiger partial charge in [0.1, 0.15) is 0 Å². The summed E-state index contributed by atoms with van der Waals surface area (Å²) in [6.45, 7) is 6.47. The number of hydrogen-bond acceptors (Lipinski definition) is 3. The Hall–Kier alpha value is -1.06. The average molecular weight is 262 g/mol. The SMILES string of the molecule is CNC1CCN(c2ccccc2COC)C(C)C1C. The molecule has 106 valence electrons. The van der Waals surface area contributed by atoms with E-state index in [-0.39, 0.29) is 0 Å². The smallest absolute Gasteiger partial charge is 0.0733 e. The summed E-state index contributed by atoms with van der Waals surface area (Å²) in [5.74, 6) is 0.648. The van der Waals surface area contributed by atoms with Crippen LogP contribution in [0.1, 0.15) is 25.8 Å². The quantitative estimate of drug-likeness (QED) is 0.903. The van der Waals surface area contributed by atoms with E-state index in [2.05, 4.69) is 55.4 Å². The molecule has 3 nitrogen and oxygen atoms in total. The van der Waals surface area contributed by atoms with Gasteiger partial charge in [-0.1, -0.05) is 25.1 Å². The van der Waals surface area contributed by atoms with E-state index in [4.69, 9.17) is 4.74 Å². The minimum Gasteiger partial charge on any atom is -0.380 e. The van der Waals surface area contributed by atoms with E-state index in [9.17, 15) is 0 Å². The molecule has 1 aromatic carbocycles. The lowest BCUT2D eigenvalue weighted by molar-refractivity contribution is 0.184. The third-order valence-corrected chi connectivity index (χ3v) is 4.54. The molecule has 0 radical (unpaired) electrons. The molecule has 0 amide bonds. The zero-order valence-corrected chi connectivity index (χ0v) is 12.5. The van der Waals surface area contributed by atoms with Crippen LogP contribution >= 0.6 is 0 Å². The second-order valence-electron chi connectivity index (χ2n) is 5.54. The number of piperidine rings is 1. The van der Waals surface area contributed by atoms with Crippen LogP contribution in [-0.2, 0) is 11.3 Å². The third kappa shape index (κ3) is 2.93. The molecule has 3 heteroatoms. The highest BCUT2D eigenvalue weighted by atomic mass is 16.5. The maximum atomic E-state index is 5.32. The number of rotatable bonds is 4. The summed E-state index contributed by atoms with van der Waals surface area (Å²) in [4.78, 5) is 2.53. The van der Waals surface area contributed by atoms with Crippen molar-refractivity contribution >= 4 is 5.69 Å². The summed E-state index contributed by atoms with van der Waals surface area (Å²) in [5.41, 5.74) is 2.62. The van der Waals surface area contributed by atoms with Gasteiger partial charge in [0.15, 0.2) is 0 Å². The maximum Gasteiger partial charge on any atom is 0.0733 e. The Kier molecular flexibility index (Phi) is 4.83. The Labute approximate surface area is 116 Å². The monoisotopic (exact) mass is 262 g/mol. The highest BCUT2D eigenvalue weighted by Gasteiger charge is 2.32. The van der Waals surface area contributed by atoms with E-state index >= 15 is 0 Å². The van der Waals surface area contributed by atoms with Gasteiger partial charge in [0, 0.05) is 37.0 Å². The Morgan fingerprint density at radius 3 is 2.74 bits per heavy atom. The number of nitrogens with one attached hydrogen (secondary N) is 1. The van der Waals surface area contributed by atoms with Crippen molar-refractivity contribution in [2.24, 2.45) is 5.92 Å². The molecule has 1 aliphatic rings. The number of nitrogens with zero attached hydrogens (tertiary/aromatic N) is 1. The van der Waals surface area contributed by atoms with Crippen molar-refractivity contribution in [3.63, 3.8) is 0 Å². The zero-order valence-electron chi connectivity index (χ0n) is 12.5. The molecule has 0 saturated carbocycles. The van der Waals surface area contributed by atoms with Gasteiger partial charge in [0.2, 0.25) is 0 Å². The molecule has 19 heavy (non-hydrogen) atoms. The van der Waals surface area contributed by atoms with Gasteiger partial charge in [0.05, 0.1) is 6.61 Å². The molecule has 3 atom stereocenters. The van der Waals surface area contributed by atoms with Crippen molar-refractivity contribution < 1.29 is 4.74 Å². The fourth-order valence-electron chi connectivity index (χ4n) is 3.18. The fraction of sp³-hybridized carbons (Fsp3) is 0.625. The van der Waals surface area contributed by atoms with Gasteiger partial charge >= 0.3 is 0 Å². The number of methoxy groups -OCH3 is 1. The van der Waals surface area contributed by atoms with E-state index in [1.807, 2.05) is 0 Å². The van der Waals surface area contributed by atoms with Crippen LogP contribution in [0, 0.1) is 5.92 Å². The van der Waals surface area contributed by atoms with Crippen LogP contribution in [0.15, 0.2) is 24.3 Å². The third-order valence-electron chi connectivity index (χ3n) is 4.54. The first kappa shape index (κ1) is 14.4. The van der Waals surface area contributed by atoms with Crippen LogP contribution in [0.3, 0.4) is 0 Å². The molecule has 1 fully saturated rings. The minimum atomic E-state index is 0.546. The van der Waals surface area contributed by atoms with Crippen LogP contribution in [-0.4, -0.2) is 32.8 Å². The average Bonchev–Trinajstić information content (AvgIpc) is 2.43. The van der Waals surface area contributed by atoms with Gasteiger partial charge in [-0.05, 0) is 32.4 Å². The summed E-state index contributed by atoms with van der Waals surface area (Å²) >= 11 is 0. The molecule has 1 saturated heterocycles. The molecule has 1 aromatic rings. The summed E-state index contributed by atoms with van der Waals surface area (Å²) < 4.78 is 5.32. The van der Waals surface area contributed by atoms with Crippen molar-refractivity contribution in [2.75, 3.05) is 25.6 Å². The van der Waals surface area contributed by atoms with Crippen molar-refractivity contribution in [1.29, 1.82) is 0 Å². The van der Waals surface area contributed by atoms with Gasteiger partial charge in [-0.3, -0.25) is 0 Å². The van der Waals surface area contributed by atoms with Crippen molar-refractivity contribution in [3.05, 3.63) is 29.8 Å². The van der Waals surface area contributed by atoms with Gasteiger partial charge in [-0.2, -0.15) is 0 Å². The van der Waals surface area contributed by atoms with E-state index in [0.717, 1.165) is 6.54 Å². The number of anilines is 1. The van der Waals surface area contributed by atoms with E-state index in [1.165, 1.54) is 17.7 Å². The maximum absolute atomic E-state index is 5.32. The largest absolute Gasteiger partial charge is 0.380 e. The van der Waals surface area contributed by atoms with Crippen LogP contribution in [0.25, 0.3) is 0 Å². The highest BCUT2D eigenvalue weighted by molar-refractivity contribution is 5.54. The zero-order chi connectivity index (χ0) is 13.8. The molecule has 2 rings (SSSR count). The normalized spacial score (nSPS) is 27.6. The van der Waals surface area contributed by atoms with E-state index in [0.29, 0.717) is 24.6 Å². The fourth-order valence-corrected chi connectivity index (χ4v) is 3.18. The van der Waals surface area contributed by atoms with Gasteiger partial charge in [-0.15, -0.1) is 0 Å². The van der Waals surface area contributed by atoms with Crippen LogP contribution in [0.2, 0.25) is 0 Å². The first-order valence-electron chi connectivity index (χ1n) is 7.19. The van der Waals surface area contributed by atoms with Crippen LogP contribution in [0.5, 0.6) is 0 Å². The molecular weight excluding hydrogens is 236 g/mol. The Morgan fingerprint density at radius 2 is 2.05 bits per heavy atom. The van der Waals surface area contributed by atoms with Crippen LogP contribution in [0.4, 0.5) is 5.69 Å². The van der Waals surface area contributed by atoms with Crippen molar-refractivity contribution in [2.45, 2.75) is 39.0 Å². The lowest BCUT2D eigenvalue weighted by Gasteiger charge is -2.44.